The van der Waals surface area contributed by atoms with Crippen molar-refractivity contribution in [2.24, 2.45) is 0 Å². The first-order valence-electron chi connectivity index (χ1n) is 9.27. The minimum Gasteiger partial charge on any atom is -0.392 e. The van der Waals surface area contributed by atoms with Gasteiger partial charge in [-0.05, 0) is 49.7 Å². The van der Waals surface area contributed by atoms with Gasteiger partial charge >= 0.3 is 0 Å². The number of hydrazine groups is 1. The number of hydrogen-bond donors (Lipinski definition) is 4. The van der Waals surface area contributed by atoms with E-state index in [2.05, 4.69) is 10.7 Å². The molecule has 2 amide bonds. The van der Waals surface area contributed by atoms with Gasteiger partial charge in [0.25, 0.3) is 5.91 Å². The molecule has 0 aromatic heterocycles. The maximum absolute atomic E-state index is 11.2. The van der Waals surface area contributed by atoms with Crippen LogP contribution in [0.1, 0.15) is 42.3 Å². The quantitative estimate of drug-likeness (QED) is 0.347. The zero-order valence-corrected chi connectivity index (χ0v) is 19.9. The minimum atomic E-state index is -0.462. The number of amides is 2. The summed E-state index contributed by atoms with van der Waals surface area (Å²) in [5.41, 5.74) is 6.62. The number of halogens is 3. The third-order valence-corrected chi connectivity index (χ3v) is 4.75. The van der Waals surface area contributed by atoms with Gasteiger partial charge in [0.1, 0.15) is 6.07 Å². The molecule has 0 bridgehead atoms. The standard InChI is InChI=1S/C11H13ClN2O.C8H6Cl2N2O2.C2H6/c1-7(15)6-14-10-4-3-9(5-13)11(12)8(10)2;9-6-2-1-5(3-7(6)10)8(14)12-11-4-13;1-2/h3-4,7,14-15H,6H2,1-2H3;1-4H,(H,11,13)(H,12,14);1-2H3. The van der Waals surface area contributed by atoms with Crippen molar-refractivity contribution < 1.29 is 14.7 Å². The van der Waals surface area contributed by atoms with E-state index in [0.29, 0.717) is 34.1 Å². The molecule has 0 saturated heterocycles. The molecule has 0 saturated carbocycles. The van der Waals surface area contributed by atoms with Gasteiger partial charge in [0.05, 0.1) is 26.7 Å². The monoisotopic (exact) mass is 486 g/mol. The van der Waals surface area contributed by atoms with Crippen LogP contribution in [0.25, 0.3) is 0 Å². The lowest BCUT2D eigenvalue weighted by atomic mass is 10.1. The molecule has 0 aliphatic carbocycles. The number of nitrogens with one attached hydrogen (secondary N) is 3. The van der Waals surface area contributed by atoms with Crippen molar-refractivity contribution >= 4 is 52.8 Å². The lowest BCUT2D eigenvalue weighted by Crippen LogP contribution is -2.36. The highest BCUT2D eigenvalue weighted by Crippen LogP contribution is 2.26. The number of aliphatic hydroxyl groups is 1. The fourth-order valence-corrected chi connectivity index (χ4v) is 2.53. The van der Waals surface area contributed by atoms with Crippen LogP contribution in [0.2, 0.25) is 15.1 Å². The van der Waals surface area contributed by atoms with E-state index in [9.17, 15) is 9.59 Å². The minimum absolute atomic E-state index is 0.283. The average molecular weight is 488 g/mol. The number of benzene rings is 2. The van der Waals surface area contributed by atoms with E-state index < -0.39 is 12.0 Å². The van der Waals surface area contributed by atoms with Crippen molar-refractivity contribution in [1.29, 1.82) is 5.26 Å². The molecule has 2 aromatic rings. The lowest BCUT2D eigenvalue weighted by molar-refractivity contribution is -0.110. The van der Waals surface area contributed by atoms with Crippen molar-refractivity contribution in [3.63, 3.8) is 0 Å². The maximum Gasteiger partial charge on any atom is 0.269 e. The Labute approximate surface area is 197 Å². The smallest absolute Gasteiger partial charge is 0.269 e. The van der Waals surface area contributed by atoms with Gasteiger partial charge in [0, 0.05) is 17.8 Å². The Hall–Kier alpha value is -2.50. The summed E-state index contributed by atoms with van der Waals surface area (Å²) in [5, 5.41) is 22.1. The molecule has 0 spiro atoms. The van der Waals surface area contributed by atoms with Crippen LogP contribution in [0.4, 0.5) is 5.69 Å². The maximum atomic E-state index is 11.2. The van der Waals surface area contributed by atoms with Gasteiger partial charge in [0.2, 0.25) is 6.41 Å². The molecule has 2 rings (SSSR count). The molecule has 4 N–H and O–H groups in total. The van der Waals surface area contributed by atoms with Crippen molar-refractivity contribution in [2.45, 2.75) is 33.8 Å². The van der Waals surface area contributed by atoms with Gasteiger partial charge in [-0.1, -0.05) is 48.7 Å². The van der Waals surface area contributed by atoms with Crippen LogP contribution in [0, 0.1) is 18.3 Å². The van der Waals surface area contributed by atoms with Gasteiger partial charge in [-0.25, -0.2) is 0 Å². The van der Waals surface area contributed by atoms with Crippen molar-refractivity contribution in [3.8, 4) is 6.07 Å². The summed E-state index contributed by atoms with van der Waals surface area (Å²) in [6, 6.07) is 9.88. The lowest BCUT2D eigenvalue weighted by Gasteiger charge is -2.12. The Morgan fingerprint density at radius 1 is 1.19 bits per heavy atom. The summed E-state index contributed by atoms with van der Waals surface area (Å²) in [4.78, 5) is 21.1. The molecule has 1 unspecified atom stereocenters. The molecule has 0 heterocycles. The first kappa shape index (κ1) is 28.5. The molecular formula is C21H25Cl3N4O3. The molecule has 1 atom stereocenters. The van der Waals surface area contributed by atoms with Crippen LogP contribution in [-0.2, 0) is 4.79 Å². The first-order valence-corrected chi connectivity index (χ1v) is 10.4. The van der Waals surface area contributed by atoms with Gasteiger partial charge in [-0.3, -0.25) is 20.4 Å². The van der Waals surface area contributed by atoms with Crippen molar-refractivity contribution in [3.05, 3.63) is 62.1 Å². The molecule has 7 nitrogen and oxygen atoms in total. The second-order valence-corrected chi connectivity index (χ2v) is 6.98. The summed E-state index contributed by atoms with van der Waals surface area (Å²) in [6.45, 7) is 8.00. The molecule has 0 radical (unpaired) electrons. The van der Waals surface area contributed by atoms with E-state index in [1.54, 1.807) is 19.1 Å². The molecule has 10 heteroatoms. The van der Waals surface area contributed by atoms with Crippen LogP contribution >= 0.6 is 34.8 Å². The van der Waals surface area contributed by atoms with Crippen LogP contribution < -0.4 is 16.2 Å². The van der Waals surface area contributed by atoms with E-state index in [0.717, 1.165) is 11.3 Å². The van der Waals surface area contributed by atoms with E-state index in [-0.39, 0.29) is 5.02 Å². The van der Waals surface area contributed by atoms with Crippen molar-refractivity contribution in [1.82, 2.24) is 10.9 Å². The SMILES string of the molecule is CC.Cc1c(NCC(C)O)ccc(C#N)c1Cl.O=CNNC(=O)c1ccc(Cl)c(Cl)c1. The van der Waals surface area contributed by atoms with Gasteiger partial charge in [-0.2, -0.15) is 5.26 Å². The topological polar surface area (TPSA) is 114 Å². The number of nitrogens with zero attached hydrogens (tertiary/aromatic N) is 1. The Morgan fingerprint density at radius 3 is 2.35 bits per heavy atom. The predicted octanol–water partition coefficient (Wildman–Crippen LogP) is 4.72. The Balaban J connectivity index is 0.000000539. The molecule has 0 aliphatic rings. The first-order chi connectivity index (χ1) is 14.7. The van der Waals surface area contributed by atoms with E-state index in [1.165, 1.54) is 18.2 Å². The van der Waals surface area contributed by atoms with Gasteiger partial charge < -0.3 is 10.4 Å². The highest BCUT2D eigenvalue weighted by atomic mass is 35.5. The van der Waals surface area contributed by atoms with E-state index in [4.69, 9.17) is 45.2 Å². The molecule has 0 fully saturated rings. The van der Waals surface area contributed by atoms with E-state index in [1.807, 2.05) is 32.3 Å². The highest BCUT2D eigenvalue weighted by molar-refractivity contribution is 6.42. The second kappa shape index (κ2) is 15.3. The normalized spacial score (nSPS) is 10.2. The van der Waals surface area contributed by atoms with Crippen LogP contribution in [0.15, 0.2) is 30.3 Å². The highest BCUT2D eigenvalue weighted by Gasteiger charge is 2.08. The third kappa shape index (κ3) is 9.90. The number of carbonyl (C=O) groups is 2. The number of rotatable bonds is 6. The number of hydrogen-bond acceptors (Lipinski definition) is 5. The van der Waals surface area contributed by atoms with Gasteiger partial charge in [0.15, 0.2) is 0 Å². The van der Waals surface area contributed by atoms with E-state index >= 15 is 0 Å². The van der Waals surface area contributed by atoms with Crippen LogP contribution in [0.5, 0.6) is 0 Å². The molecular weight excluding hydrogens is 463 g/mol. The zero-order chi connectivity index (χ0) is 24.0. The van der Waals surface area contributed by atoms with Crippen molar-refractivity contribution in [2.75, 3.05) is 11.9 Å². The zero-order valence-electron chi connectivity index (χ0n) is 17.6. The second-order valence-electron chi connectivity index (χ2n) is 5.79. The molecule has 2 aromatic carbocycles. The Kier molecular flexibility index (Phi) is 14.1. The number of anilines is 1. The number of nitriles is 1. The summed E-state index contributed by atoms with van der Waals surface area (Å²) < 4.78 is 0. The predicted molar refractivity (Wildman–Crippen MR) is 126 cm³/mol. The Bertz CT molecular complexity index is 915. The van der Waals surface area contributed by atoms with Gasteiger partial charge in [-0.15, -0.1) is 0 Å². The molecule has 31 heavy (non-hydrogen) atoms. The number of carbonyl (C=O) groups excluding carboxylic acids is 2. The summed E-state index contributed by atoms with van der Waals surface area (Å²) in [5.74, 6) is -0.462. The van der Waals surface area contributed by atoms with Crippen LogP contribution in [-0.4, -0.2) is 30.1 Å². The summed E-state index contributed by atoms with van der Waals surface area (Å²) in [6.07, 6.45) is -0.0612. The average Bonchev–Trinajstić information content (AvgIpc) is 2.76. The fraction of sp³-hybridized carbons (Fsp3) is 0.286. The third-order valence-electron chi connectivity index (χ3n) is 3.52. The Morgan fingerprint density at radius 2 is 1.84 bits per heavy atom. The molecule has 0 aliphatic heterocycles. The number of aliphatic hydroxyl groups excluding tert-OH is 1. The molecule has 168 valence electrons. The summed E-state index contributed by atoms with van der Waals surface area (Å²) >= 11 is 17.3. The van der Waals surface area contributed by atoms with Crippen LogP contribution in [0.3, 0.4) is 0 Å². The summed E-state index contributed by atoms with van der Waals surface area (Å²) in [7, 11) is 0. The fourth-order valence-electron chi connectivity index (χ4n) is 2.03. The largest absolute Gasteiger partial charge is 0.392 e.